The van der Waals surface area contributed by atoms with Crippen molar-refractivity contribution in [1.82, 2.24) is 34.2 Å². The van der Waals surface area contributed by atoms with Crippen LogP contribution in [0.25, 0.3) is 16.6 Å². The van der Waals surface area contributed by atoms with Gasteiger partial charge in [0.1, 0.15) is 11.9 Å². The van der Waals surface area contributed by atoms with E-state index in [9.17, 15) is 24.3 Å². The molecule has 3 heterocycles. The number of nitrogens with two attached hydrogens (primary N) is 2. The summed E-state index contributed by atoms with van der Waals surface area (Å²) in [5, 5.41) is 12.1. The number of hydrogen-bond acceptors (Lipinski definition) is 10. The van der Waals surface area contributed by atoms with Crippen LogP contribution in [0.3, 0.4) is 0 Å². The number of piperazine rings is 1. The summed E-state index contributed by atoms with van der Waals surface area (Å²) >= 11 is 0. The highest BCUT2D eigenvalue weighted by Gasteiger charge is 2.28. The minimum absolute atomic E-state index is 0.0961. The number of benzene rings is 1. The maximum absolute atomic E-state index is 13.2. The molecule has 6 N–H and O–H groups in total. The predicted molar refractivity (Wildman–Crippen MR) is 208 cm³/mol. The summed E-state index contributed by atoms with van der Waals surface area (Å²) in [6.45, 7) is 6.25. The van der Waals surface area contributed by atoms with Crippen LogP contribution in [0.2, 0.25) is 0 Å². The van der Waals surface area contributed by atoms with Gasteiger partial charge in [-0.3, -0.25) is 18.8 Å². The number of carboxylic acid groups (broad SMARTS) is 1. The maximum Gasteiger partial charge on any atom is 0.341 e. The molecule has 0 radical (unpaired) electrons. The number of aliphatic carboxylic acids is 1. The molecule has 1 saturated heterocycles. The average molecular weight is 742 g/mol. The second-order valence-electron chi connectivity index (χ2n) is 14.6. The molecule has 54 heavy (non-hydrogen) atoms. The Bertz CT molecular complexity index is 1910. The van der Waals surface area contributed by atoms with E-state index in [1.54, 1.807) is 20.3 Å². The third kappa shape index (κ3) is 10.0. The largest absolute Gasteiger partial charge is 0.477 e. The molecule has 0 bridgehead atoms. The SMILES string of the molecule is CNC(=O)CCC(C=O)n1c(=O)n(C)c2c(C#CCN3CCN(CC4CCC(CC(CCCN)c5ccnc(C(=CN)C(=O)O)n5)CC4)CC3)cccc21. The van der Waals surface area contributed by atoms with Crippen molar-refractivity contribution in [2.24, 2.45) is 30.4 Å². The summed E-state index contributed by atoms with van der Waals surface area (Å²) in [7, 11) is 3.24. The first-order valence-electron chi connectivity index (χ1n) is 19.1. The Morgan fingerprint density at radius 1 is 1.07 bits per heavy atom. The molecule has 2 atom stereocenters. The lowest BCUT2D eigenvalue weighted by Crippen LogP contribution is -2.48. The Morgan fingerprint density at radius 3 is 2.46 bits per heavy atom. The van der Waals surface area contributed by atoms with Crippen LogP contribution in [0.15, 0.2) is 41.5 Å². The van der Waals surface area contributed by atoms with Crippen molar-refractivity contribution in [3.05, 3.63) is 64.2 Å². The predicted octanol–water partition coefficient (Wildman–Crippen LogP) is 2.47. The van der Waals surface area contributed by atoms with Crippen molar-refractivity contribution in [3.8, 4) is 11.8 Å². The molecule has 0 spiro atoms. The number of amides is 1. The van der Waals surface area contributed by atoms with Gasteiger partial charge in [0, 0.05) is 77.2 Å². The molecule has 1 saturated carbocycles. The molecule has 290 valence electrons. The molecule has 1 aliphatic heterocycles. The lowest BCUT2D eigenvalue weighted by Gasteiger charge is -2.38. The van der Waals surface area contributed by atoms with Crippen LogP contribution < -0.4 is 22.5 Å². The molecule has 14 heteroatoms. The summed E-state index contributed by atoms with van der Waals surface area (Å²) in [4.78, 5) is 62.4. The molecule has 5 rings (SSSR count). The summed E-state index contributed by atoms with van der Waals surface area (Å²) in [6, 6.07) is 6.72. The third-order valence-electron chi connectivity index (χ3n) is 11.1. The fourth-order valence-electron chi connectivity index (χ4n) is 8.04. The number of hydrogen-bond donors (Lipinski definition) is 4. The van der Waals surface area contributed by atoms with E-state index in [2.05, 4.69) is 36.9 Å². The maximum atomic E-state index is 13.2. The van der Waals surface area contributed by atoms with Gasteiger partial charge in [-0.15, -0.1) is 0 Å². The van der Waals surface area contributed by atoms with Gasteiger partial charge < -0.3 is 31.6 Å². The molecular weight excluding hydrogens is 686 g/mol. The number of carbonyl (C=O) groups excluding carboxylic acids is 2. The van der Waals surface area contributed by atoms with Crippen molar-refractivity contribution in [3.63, 3.8) is 0 Å². The normalized spacial score (nSPS) is 19.5. The van der Waals surface area contributed by atoms with Crippen molar-refractivity contribution in [1.29, 1.82) is 0 Å². The summed E-state index contributed by atoms with van der Waals surface area (Å²) < 4.78 is 3.01. The Morgan fingerprint density at radius 2 is 1.80 bits per heavy atom. The fraction of sp³-hybridized carbons (Fsp3) is 0.550. The number of carboxylic acids is 1. The quantitative estimate of drug-likeness (QED) is 0.0957. The van der Waals surface area contributed by atoms with Gasteiger partial charge in [-0.25, -0.2) is 19.6 Å². The van der Waals surface area contributed by atoms with E-state index in [-0.39, 0.29) is 41.8 Å². The number of nitrogens with one attached hydrogen (secondary N) is 1. The highest BCUT2D eigenvalue weighted by molar-refractivity contribution is 6.13. The first-order chi connectivity index (χ1) is 26.2. The number of aryl methyl sites for hydroxylation is 1. The van der Waals surface area contributed by atoms with E-state index in [1.807, 2.05) is 24.3 Å². The number of aldehydes is 1. The zero-order valence-electron chi connectivity index (χ0n) is 31.6. The summed E-state index contributed by atoms with van der Waals surface area (Å²) in [5.74, 6) is 6.91. The lowest BCUT2D eigenvalue weighted by atomic mass is 9.76. The number of nitrogens with zero attached hydrogens (tertiary/aromatic N) is 6. The molecule has 2 unspecified atom stereocenters. The second-order valence-corrected chi connectivity index (χ2v) is 14.6. The molecule has 2 aliphatic rings. The van der Waals surface area contributed by atoms with Gasteiger partial charge in [-0.2, -0.15) is 0 Å². The zero-order valence-corrected chi connectivity index (χ0v) is 31.6. The van der Waals surface area contributed by atoms with Gasteiger partial charge in [0.15, 0.2) is 5.82 Å². The minimum atomic E-state index is -1.14. The van der Waals surface area contributed by atoms with E-state index < -0.39 is 12.0 Å². The van der Waals surface area contributed by atoms with E-state index in [0.717, 1.165) is 75.7 Å². The van der Waals surface area contributed by atoms with Gasteiger partial charge in [0.25, 0.3) is 0 Å². The highest BCUT2D eigenvalue weighted by atomic mass is 16.4. The smallest absolute Gasteiger partial charge is 0.341 e. The van der Waals surface area contributed by atoms with E-state index in [0.29, 0.717) is 36.0 Å². The molecular formula is C40H55N9O5. The Kier molecular flexibility index (Phi) is 14.6. The summed E-state index contributed by atoms with van der Waals surface area (Å²) in [6.07, 6.45) is 11.3. The van der Waals surface area contributed by atoms with Crippen LogP contribution in [-0.4, -0.2) is 105 Å². The third-order valence-corrected chi connectivity index (χ3v) is 11.1. The van der Waals surface area contributed by atoms with E-state index in [4.69, 9.17) is 11.5 Å². The molecule has 2 aromatic heterocycles. The van der Waals surface area contributed by atoms with Crippen LogP contribution in [0, 0.1) is 23.7 Å². The van der Waals surface area contributed by atoms with Gasteiger partial charge in [0.2, 0.25) is 5.91 Å². The van der Waals surface area contributed by atoms with Crippen LogP contribution in [0.1, 0.15) is 86.8 Å². The molecule has 1 aliphatic carbocycles. The average Bonchev–Trinajstić information content (AvgIpc) is 3.44. The van der Waals surface area contributed by atoms with E-state index >= 15 is 0 Å². The van der Waals surface area contributed by atoms with Crippen molar-refractivity contribution in [2.45, 2.75) is 69.7 Å². The number of para-hydroxylation sites is 1. The Balaban J connectivity index is 1.11. The topological polar surface area (TPSA) is 195 Å². The van der Waals surface area contributed by atoms with Crippen LogP contribution in [-0.2, 0) is 21.4 Å². The number of rotatable bonds is 16. The van der Waals surface area contributed by atoms with Crippen molar-refractivity contribution >= 4 is 34.8 Å². The number of aromatic nitrogens is 4. The molecule has 1 aromatic carbocycles. The van der Waals surface area contributed by atoms with Gasteiger partial charge in [-0.05, 0) is 75.1 Å². The van der Waals surface area contributed by atoms with E-state index in [1.165, 1.54) is 34.8 Å². The molecule has 3 aromatic rings. The van der Waals surface area contributed by atoms with Crippen LogP contribution in [0.5, 0.6) is 0 Å². The fourth-order valence-corrected chi connectivity index (χ4v) is 8.04. The molecule has 1 amide bonds. The first-order valence-corrected chi connectivity index (χ1v) is 19.1. The minimum Gasteiger partial charge on any atom is -0.477 e. The number of carbonyl (C=O) groups is 3. The van der Waals surface area contributed by atoms with Gasteiger partial charge >= 0.3 is 11.7 Å². The Labute approximate surface area is 317 Å². The standard InChI is InChI=1S/C40H55N9O5/c1-43-36(51)15-14-32(27-50)49-35-9-3-6-30(37(35)46(2)40(49)54)8-5-19-47-20-22-48(23-21-47)26-29-12-10-28(11-13-29)24-31(7-4-17-41)34-16-18-44-38(45-34)33(25-42)39(52)53/h3,6,9,16,18,25,27-29,31-32H,4,7,10-15,17,19-24,26,41-42H2,1-2H3,(H,43,51)(H,52,53). The highest BCUT2D eigenvalue weighted by Crippen LogP contribution is 2.37. The first kappa shape index (κ1) is 40.3. The van der Waals surface area contributed by atoms with Gasteiger partial charge in [0.05, 0.1) is 29.2 Å². The van der Waals surface area contributed by atoms with Crippen molar-refractivity contribution < 1.29 is 19.5 Å². The number of imidazole rings is 1. The van der Waals surface area contributed by atoms with Crippen molar-refractivity contribution in [2.75, 3.05) is 52.9 Å². The molecule has 2 fully saturated rings. The lowest BCUT2D eigenvalue weighted by molar-refractivity contribution is -0.130. The zero-order chi connectivity index (χ0) is 38.6. The number of fused-ring (bicyclic) bond motifs is 1. The Hall–Kier alpha value is -4.84. The molecule has 14 nitrogen and oxygen atoms in total. The van der Waals surface area contributed by atoms with Crippen LogP contribution >= 0.6 is 0 Å². The van der Waals surface area contributed by atoms with Gasteiger partial charge in [-0.1, -0.05) is 30.7 Å². The second kappa shape index (κ2) is 19.5. The monoisotopic (exact) mass is 741 g/mol. The van der Waals surface area contributed by atoms with Crippen LogP contribution in [0.4, 0.5) is 0 Å². The summed E-state index contributed by atoms with van der Waals surface area (Å²) in [5.41, 5.74) is 13.9.